The molecule has 0 radical (unpaired) electrons. The van der Waals surface area contributed by atoms with Crippen molar-refractivity contribution in [3.63, 3.8) is 0 Å². The van der Waals surface area contributed by atoms with Gasteiger partial charge >= 0.3 is 0 Å². The van der Waals surface area contributed by atoms with E-state index >= 15 is 0 Å². The van der Waals surface area contributed by atoms with Gasteiger partial charge in [0.05, 0.1) is 36.7 Å². The SMILES string of the molecule is CNc1cc(-c2cnc3n([C@H]4CCOC[C@@H]4OC)cccc2-3)nc2c(C(=O)NC3CCC3O)cnn12. The first-order valence-corrected chi connectivity index (χ1v) is 12.2. The quantitative estimate of drug-likeness (QED) is 0.374. The standard InChI is InChI=1S/C25H29N7O4/c1-26-22-10-18(29-24-16(12-28-32(22)24)25(34)30-17-5-6-20(17)33)15-11-27-23-14(15)4-3-8-31(23)19-7-9-36-13-21(19)35-2/h3-4,8,10-12,17,19-21,26,33H,5-7,9,13H2,1-2H3,(H,30,34)/t17?,19-,20?,21-/m0/s1. The summed E-state index contributed by atoms with van der Waals surface area (Å²) in [5.74, 6) is 1.24. The van der Waals surface area contributed by atoms with Crippen LogP contribution in [0.2, 0.25) is 0 Å². The van der Waals surface area contributed by atoms with Crippen molar-refractivity contribution in [1.82, 2.24) is 29.5 Å². The molecule has 188 valence electrons. The van der Waals surface area contributed by atoms with E-state index in [0.717, 1.165) is 29.8 Å². The van der Waals surface area contributed by atoms with E-state index in [4.69, 9.17) is 19.4 Å². The Kier molecular flexibility index (Phi) is 5.82. The number of carbonyl (C=O) groups is 1. The van der Waals surface area contributed by atoms with Gasteiger partial charge in [-0.25, -0.2) is 9.97 Å². The van der Waals surface area contributed by atoms with E-state index < -0.39 is 6.10 Å². The number of aromatic nitrogens is 5. The minimum absolute atomic E-state index is 0.0538. The van der Waals surface area contributed by atoms with E-state index in [0.29, 0.717) is 42.4 Å². The van der Waals surface area contributed by atoms with Crippen LogP contribution in [-0.4, -0.2) is 80.8 Å². The van der Waals surface area contributed by atoms with E-state index in [1.54, 1.807) is 18.7 Å². The fourth-order valence-electron chi connectivity index (χ4n) is 5.11. The number of ether oxygens (including phenoxy) is 2. The lowest BCUT2D eigenvalue weighted by atomic mass is 9.89. The van der Waals surface area contributed by atoms with Crippen molar-refractivity contribution >= 4 is 17.4 Å². The lowest BCUT2D eigenvalue weighted by Gasteiger charge is -2.33. The molecule has 5 heterocycles. The van der Waals surface area contributed by atoms with Crippen LogP contribution in [0.1, 0.15) is 35.7 Å². The predicted molar refractivity (Wildman–Crippen MR) is 132 cm³/mol. The van der Waals surface area contributed by atoms with Gasteiger partial charge in [-0.15, -0.1) is 0 Å². The van der Waals surface area contributed by atoms with Crippen molar-refractivity contribution in [1.29, 1.82) is 0 Å². The highest BCUT2D eigenvalue weighted by Gasteiger charge is 2.32. The Labute approximate surface area is 207 Å². The monoisotopic (exact) mass is 491 g/mol. The van der Waals surface area contributed by atoms with Crippen molar-refractivity contribution in [2.75, 3.05) is 32.7 Å². The third-order valence-corrected chi connectivity index (χ3v) is 7.33. The summed E-state index contributed by atoms with van der Waals surface area (Å²) in [6.45, 7) is 1.22. The van der Waals surface area contributed by atoms with Crippen LogP contribution >= 0.6 is 0 Å². The highest BCUT2D eigenvalue weighted by Crippen LogP contribution is 2.37. The smallest absolute Gasteiger partial charge is 0.257 e. The fourth-order valence-corrected chi connectivity index (χ4v) is 5.11. The maximum Gasteiger partial charge on any atom is 0.257 e. The third kappa shape index (κ3) is 3.71. The summed E-state index contributed by atoms with van der Waals surface area (Å²) in [5, 5.41) is 20.3. The van der Waals surface area contributed by atoms with E-state index in [9.17, 15) is 9.90 Å². The van der Waals surface area contributed by atoms with Crippen LogP contribution in [-0.2, 0) is 9.47 Å². The summed E-state index contributed by atoms with van der Waals surface area (Å²) in [7, 11) is 3.51. The van der Waals surface area contributed by atoms with Crippen molar-refractivity contribution in [2.45, 2.75) is 43.6 Å². The number of nitrogens with one attached hydrogen (secondary N) is 2. The van der Waals surface area contributed by atoms with Gasteiger partial charge in [-0.1, -0.05) is 0 Å². The molecule has 11 heteroatoms. The minimum atomic E-state index is -0.505. The molecule has 0 spiro atoms. The average molecular weight is 492 g/mol. The molecule has 3 N–H and O–H groups in total. The van der Waals surface area contributed by atoms with E-state index in [1.165, 1.54) is 6.20 Å². The second-order valence-electron chi connectivity index (χ2n) is 9.32. The van der Waals surface area contributed by atoms with Crippen LogP contribution in [0.15, 0.2) is 36.8 Å². The number of methoxy groups -OCH3 is 1. The van der Waals surface area contributed by atoms with Gasteiger partial charge in [0.2, 0.25) is 0 Å². The summed E-state index contributed by atoms with van der Waals surface area (Å²) in [5.41, 5.74) is 3.30. The Balaban J connectivity index is 1.39. The molecule has 0 bridgehead atoms. The maximum atomic E-state index is 13.0. The largest absolute Gasteiger partial charge is 0.391 e. The summed E-state index contributed by atoms with van der Waals surface area (Å²) in [4.78, 5) is 22.6. The molecule has 1 aliphatic carbocycles. The summed E-state index contributed by atoms with van der Waals surface area (Å²) < 4.78 is 15.1. The number of carbonyl (C=O) groups excluding carboxylic acids is 1. The van der Waals surface area contributed by atoms with E-state index in [1.807, 2.05) is 30.6 Å². The second kappa shape index (κ2) is 9.16. The lowest BCUT2D eigenvalue weighted by molar-refractivity contribution is -0.0600. The van der Waals surface area contributed by atoms with E-state index in [2.05, 4.69) is 20.3 Å². The Hall–Kier alpha value is -3.54. The van der Waals surface area contributed by atoms with Gasteiger partial charge in [0, 0.05) is 50.4 Å². The van der Waals surface area contributed by atoms with Crippen LogP contribution < -0.4 is 10.6 Å². The first-order valence-electron chi connectivity index (χ1n) is 12.2. The van der Waals surface area contributed by atoms with Gasteiger partial charge in [-0.2, -0.15) is 9.61 Å². The molecule has 4 atom stereocenters. The van der Waals surface area contributed by atoms with E-state index in [-0.39, 0.29) is 24.1 Å². The number of fused-ring (bicyclic) bond motifs is 2. The van der Waals surface area contributed by atoms with Gasteiger partial charge in [-0.3, -0.25) is 4.79 Å². The molecule has 11 nitrogen and oxygen atoms in total. The number of anilines is 1. The summed E-state index contributed by atoms with van der Waals surface area (Å²) in [6, 6.07) is 5.82. The minimum Gasteiger partial charge on any atom is -0.391 e. The number of hydrogen-bond donors (Lipinski definition) is 3. The number of amides is 1. The van der Waals surface area contributed by atoms with Crippen LogP contribution in [0.5, 0.6) is 0 Å². The summed E-state index contributed by atoms with van der Waals surface area (Å²) in [6.07, 6.45) is 7.10. The van der Waals surface area contributed by atoms with Gasteiger partial charge < -0.3 is 29.8 Å². The van der Waals surface area contributed by atoms with Gasteiger partial charge in [-0.05, 0) is 31.4 Å². The first kappa shape index (κ1) is 22.9. The molecule has 4 aliphatic rings. The predicted octanol–water partition coefficient (Wildman–Crippen LogP) is 1.97. The zero-order chi connectivity index (χ0) is 24.8. The molecule has 6 rings (SSSR count). The maximum absolute atomic E-state index is 13.0. The van der Waals surface area contributed by atoms with Crippen LogP contribution in [0.25, 0.3) is 28.3 Å². The molecule has 3 aliphatic heterocycles. The molecule has 0 aromatic carbocycles. The van der Waals surface area contributed by atoms with Crippen molar-refractivity contribution in [3.8, 4) is 22.6 Å². The van der Waals surface area contributed by atoms with Crippen LogP contribution in [0, 0.1) is 0 Å². The number of rotatable bonds is 6. The molecule has 2 aromatic rings. The highest BCUT2D eigenvalue weighted by atomic mass is 16.5. The molecule has 1 saturated carbocycles. The number of pyridine rings is 1. The van der Waals surface area contributed by atoms with Gasteiger partial charge in [0.15, 0.2) is 5.65 Å². The topological polar surface area (TPSA) is 128 Å². The molecule has 36 heavy (non-hydrogen) atoms. The molecular formula is C25H29N7O4. The highest BCUT2D eigenvalue weighted by molar-refractivity contribution is 6.00. The van der Waals surface area contributed by atoms with Gasteiger partial charge in [0.25, 0.3) is 5.91 Å². The number of nitrogens with zero attached hydrogens (tertiary/aromatic N) is 5. The molecular weight excluding hydrogens is 462 g/mol. The Morgan fingerprint density at radius 3 is 2.89 bits per heavy atom. The first-order chi connectivity index (χ1) is 17.6. The Morgan fingerprint density at radius 1 is 1.25 bits per heavy atom. The second-order valence-corrected chi connectivity index (χ2v) is 9.32. The number of aliphatic hydroxyl groups excluding tert-OH is 1. The molecule has 1 amide bonds. The number of hydrogen-bond acceptors (Lipinski definition) is 8. The zero-order valence-corrected chi connectivity index (χ0v) is 20.2. The average Bonchev–Trinajstić information content (AvgIpc) is 3.54. The molecule has 2 aromatic heterocycles. The normalized spacial score (nSPS) is 24.1. The van der Waals surface area contributed by atoms with Crippen molar-refractivity contribution in [3.05, 3.63) is 42.4 Å². The zero-order valence-electron chi connectivity index (χ0n) is 20.2. The van der Waals surface area contributed by atoms with Crippen molar-refractivity contribution in [2.24, 2.45) is 0 Å². The fraction of sp³-hybridized carbons (Fsp3) is 0.440. The Bertz CT molecular complexity index is 1380. The molecule has 2 fully saturated rings. The third-order valence-electron chi connectivity index (χ3n) is 7.33. The van der Waals surface area contributed by atoms with Crippen molar-refractivity contribution < 1.29 is 19.4 Å². The Morgan fingerprint density at radius 2 is 2.14 bits per heavy atom. The number of aliphatic hydroxyl groups is 1. The summed E-state index contributed by atoms with van der Waals surface area (Å²) >= 11 is 0. The molecule has 2 unspecified atom stereocenters. The van der Waals surface area contributed by atoms with Crippen LogP contribution in [0.3, 0.4) is 0 Å². The lowest BCUT2D eigenvalue weighted by Crippen LogP contribution is -2.50. The van der Waals surface area contributed by atoms with Gasteiger partial charge in [0.1, 0.15) is 23.3 Å². The molecule has 1 saturated heterocycles. The van der Waals surface area contributed by atoms with Crippen LogP contribution in [0.4, 0.5) is 5.82 Å².